The Kier molecular flexibility index (Phi) is 4.92. The summed E-state index contributed by atoms with van der Waals surface area (Å²) in [7, 11) is -3.52. The molecule has 1 heterocycles. The van der Waals surface area contributed by atoms with Gasteiger partial charge in [-0.15, -0.1) is 0 Å². The Balaban J connectivity index is 2.12. The van der Waals surface area contributed by atoms with E-state index in [2.05, 4.69) is 5.32 Å². The lowest BCUT2D eigenvalue weighted by atomic mass is 9.97. The highest BCUT2D eigenvalue weighted by atomic mass is 32.2. The van der Waals surface area contributed by atoms with Gasteiger partial charge in [-0.05, 0) is 45.7 Å². The zero-order valence-corrected chi connectivity index (χ0v) is 14.2. The lowest BCUT2D eigenvalue weighted by Gasteiger charge is -2.33. The Hall–Kier alpha value is -1.40. The average molecular weight is 324 g/mol. The van der Waals surface area contributed by atoms with Crippen molar-refractivity contribution in [2.24, 2.45) is 5.92 Å². The fourth-order valence-corrected chi connectivity index (χ4v) is 4.13. The molecule has 1 aromatic rings. The number of piperidine rings is 1. The van der Waals surface area contributed by atoms with Crippen molar-refractivity contribution in [2.45, 2.75) is 44.0 Å². The van der Waals surface area contributed by atoms with Gasteiger partial charge in [0.2, 0.25) is 15.9 Å². The summed E-state index contributed by atoms with van der Waals surface area (Å²) in [6.07, 6.45) is 1.43. The van der Waals surface area contributed by atoms with Gasteiger partial charge in [0.05, 0.1) is 10.8 Å². The third-order valence-corrected chi connectivity index (χ3v) is 5.51. The molecule has 6 heteroatoms. The van der Waals surface area contributed by atoms with Crippen molar-refractivity contribution in [3.05, 3.63) is 30.3 Å². The standard InChI is InChI=1S/C16H24N2O3S/c1-16(2,3)17-15(19)13-8-7-11-18(12-13)22(20,21)14-9-5-4-6-10-14/h4-6,9-10,13H,7-8,11-12H2,1-3H3,(H,17,19)/t13-/m1/s1. The molecule has 1 aliphatic rings. The maximum atomic E-state index is 12.6. The molecule has 1 aromatic carbocycles. The lowest BCUT2D eigenvalue weighted by molar-refractivity contribution is -0.127. The van der Waals surface area contributed by atoms with Crippen molar-refractivity contribution in [3.63, 3.8) is 0 Å². The summed E-state index contributed by atoms with van der Waals surface area (Å²) < 4.78 is 26.7. The molecular formula is C16H24N2O3S. The van der Waals surface area contributed by atoms with E-state index in [9.17, 15) is 13.2 Å². The summed E-state index contributed by atoms with van der Waals surface area (Å²) in [6.45, 7) is 6.49. The predicted molar refractivity (Wildman–Crippen MR) is 85.8 cm³/mol. The minimum absolute atomic E-state index is 0.0690. The first-order valence-corrected chi connectivity index (χ1v) is 9.01. The summed E-state index contributed by atoms with van der Waals surface area (Å²) in [5.41, 5.74) is -0.308. The first-order valence-electron chi connectivity index (χ1n) is 7.57. The van der Waals surface area contributed by atoms with E-state index < -0.39 is 10.0 Å². The third-order valence-electron chi connectivity index (χ3n) is 3.63. The molecule has 1 amide bonds. The molecule has 0 bridgehead atoms. The fourth-order valence-electron chi connectivity index (χ4n) is 2.59. The number of hydrogen-bond acceptors (Lipinski definition) is 3. The molecule has 2 rings (SSSR count). The molecule has 122 valence electrons. The Bertz CT molecular complexity index is 621. The highest BCUT2D eigenvalue weighted by Gasteiger charge is 2.34. The van der Waals surface area contributed by atoms with Crippen molar-refractivity contribution in [3.8, 4) is 0 Å². The summed E-state index contributed by atoms with van der Waals surface area (Å²) in [5.74, 6) is -0.355. The average Bonchev–Trinajstić information content (AvgIpc) is 2.46. The zero-order valence-electron chi connectivity index (χ0n) is 13.4. The van der Waals surface area contributed by atoms with Gasteiger partial charge in [-0.25, -0.2) is 8.42 Å². The van der Waals surface area contributed by atoms with Crippen molar-refractivity contribution >= 4 is 15.9 Å². The highest BCUT2D eigenvalue weighted by molar-refractivity contribution is 7.89. The number of sulfonamides is 1. The summed E-state index contributed by atoms with van der Waals surface area (Å²) in [5, 5.41) is 2.94. The molecule has 1 saturated heterocycles. The first kappa shape index (κ1) is 17.0. The molecule has 0 spiro atoms. The number of benzene rings is 1. The highest BCUT2D eigenvalue weighted by Crippen LogP contribution is 2.24. The van der Waals surface area contributed by atoms with E-state index in [4.69, 9.17) is 0 Å². The van der Waals surface area contributed by atoms with Crippen molar-refractivity contribution in [1.29, 1.82) is 0 Å². The number of amides is 1. The molecule has 1 atom stereocenters. The minimum atomic E-state index is -3.52. The number of nitrogens with one attached hydrogen (secondary N) is 1. The molecule has 5 nitrogen and oxygen atoms in total. The van der Waals surface area contributed by atoms with Gasteiger partial charge in [-0.2, -0.15) is 4.31 Å². The van der Waals surface area contributed by atoms with Gasteiger partial charge in [0.15, 0.2) is 0 Å². The van der Waals surface area contributed by atoms with Crippen LogP contribution in [0.1, 0.15) is 33.6 Å². The number of hydrogen-bond donors (Lipinski definition) is 1. The maximum Gasteiger partial charge on any atom is 0.243 e. The Morgan fingerprint density at radius 2 is 1.86 bits per heavy atom. The summed E-state index contributed by atoms with van der Waals surface area (Å²) >= 11 is 0. The van der Waals surface area contributed by atoms with Gasteiger partial charge >= 0.3 is 0 Å². The van der Waals surface area contributed by atoms with Crippen LogP contribution >= 0.6 is 0 Å². The number of rotatable bonds is 3. The molecule has 22 heavy (non-hydrogen) atoms. The quantitative estimate of drug-likeness (QED) is 0.925. The van der Waals surface area contributed by atoms with Crippen LogP contribution in [0.15, 0.2) is 35.2 Å². The van der Waals surface area contributed by atoms with Gasteiger partial charge < -0.3 is 5.32 Å². The lowest BCUT2D eigenvalue weighted by Crippen LogP contribution is -2.49. The van der Waals surface area contributed by atoms with Gasteiger partial charge in [0.25, 0.3) is 0 Å². The van der Waals surface area contributed by atoms with Crippen LogP contribution in [-0.4, -0.2) is 37.3 Å². The van der Waals surface area contributed by atoms with Crippen LogP contribution in [0.5, 0.6) is 0 Å². The first-order chi connectivity index (χ1) is 10.2. The second kappa shape index (κ2) is 6.38. The van der Waals surface area contributed by atoms with Gasteiger partial charge in [-0.3, -0.25) is 4.79 Å². The van der Waals surface area contributed by atoms with Crippen LogP contribution in [0, 0.1) is 5.92 Å². The van der Waals surface area contributed by atoms with E-state index in [1.807, 2.05) is 20.8 Å². The van der Waals surface area contributed by atoms with Gasteiger partial charge in [0.1, 0.15) is 0 Å². The normalized spacial score (nSPS) is 20.6. The van der Waals surface area contributed by atoms with E-state index in [1.165, 1.54) is 4.31 Å². The minimum Gasteiger partial charge on any atom is -0.351 e. The summed E-state index contributed by atoms with van der Waals surface area (Å²) in [4.78, 5) is 12.6. The van der Waals surface area contributed by atoms with Gasteiger partial charge in [-0.1, -0.05) is 18.2 Å². The maximum absolute atomic E-state index is 12.6. The van der Waals surface area contributed by atoms with E-state index in [0.29, 0.717) is 13.0 Å². The van der Waals surface area contributed by atoms with Crippen LogP contribution in [0.25, 0.3) is 0 Å². The third kappa shape index (κ3) is 4.08. The molecule has 1 aliphatic heterocycles. The molecule has 0 aromatic heterocycles. The fraction of sp³-hybridized carbons (Fsp3) is 0.562. The second-order valence-corrected chi connectivity index (χ2v) is 8.69. The molecule has 0 saturated carbocycles. The topological polar surface area (TPSA) is 66.5 Å². The second-order valence-electron chi connectivity index (χ2n) is 6.75. The molecule has 0 radical (unpaired) electrons. The van der Waals surface area contributed by atoms with E-state index in [0.717, 1.165) is 6.42 Å². The Morgan fingerprint density at radius 1 is 1.23 bits per heavy atom. The van der Waals surface area contributed by atoms with Gasteiger partial charge in [0, 0.05) is 18.6 Å². The largest absolute Gasteiger partial charge is 0.351 e. The molecule has 0 aliphatic carbocycles. The molecule has 0 unspecified atom stereocenters. The van der Waals surface area contributed by atoms with Crippen molar-refractivity contribution < 1.29 is 13.2 Å². The van der Waals surface area contributed by atoms with Crippen LogP contribution in [0.4, 0.5) is 0 Å². The molecule has 1 fully saturated rings. The summed E-state index contributed by atoms with van der Waals surface area (Å²) in [6, 6.07) is 8.39. The van der Waals surface area contributed by atoms with E-state index in [-0.39, 0.29) is 28.8 Å². The van der Waals surface area contributed by atoms with E-state index in [1.54, 1.807) is 30.3 Å². The SMILES string of the molecule is CC(C)(C)NC(=O)[C@@H]1CCCN(S(=O)(=O)c2ccccc2)C1. The Labute approximate surface area is 132 Å². The molecule has 1 N–H and O–H groups in total. The molecular weight excluding hydrogens is 300 g/mol. The smallest absolute Gasteiger partial charge is 0.243 e. The van der Waals surface area contributed by atoms with Crippen LogP contribution in [0.3, 0.4) is 0 Å². The number of carbonyl (C=O) groups excluding carboxylic acids is 1. The van der Waals surface area contributed by atoms with Crippen LogP contribution in [0.2, 0.25) is 0 Å². The van der Waals surface area contributed by atoms with Crippen molar-refractivity contribution in [1.82, 2.24) is 9.62 Å². The number of nitrogens with zero attached hydrogens (tertiary/aromatic N) is 1. The monoisotopic (exact) mass is 324 g/mol. The van der Waals surface area contributed by atoms with Crippen molar-refractivity contribution in [2.75, 3.05) is 13.1 Å². The van der Waals surface area contributed by atoms with Crippen LogP contribution in [-0.2, 0) is 14.8 Å². The zero-order chi connectivity index (χ0) is 16.4. The number of carbonyl (C=O) groups is 1. The Morgan fingerprint density at radius 3 is 2.45 bits per heavy atom. The van der Waals surface area contributed by atoms with E-state index >= 15 is 0 Å². The predicted octanol–water partition coefficient (Wildman–Crippen LogP) is 2.00. The van der Waals surface area contributed by atoms with Crippen LogP contribution < -0.4 is 5.32 Å².